The summed E-state index contributed by atoms with van der Waals surface area (Å²) in [5.41, 5.74) is 3.48. The zero-order valence-electron chi connectivity index (χ0n) is 16.0. The van der Waals surface area contributed by atoms with Crippen LogP contribution in [-0.4, -0.2) is 46.0 Å². The van der Waals surface area contributed by atoms with Crippen LogP contribution in [0.25, 0.3) is 11.3 Å². The molecule has 1 aliphatic heterocycles. The van der Waals surface area contributed by atoms with Gasteiger partial charge in [-0.1, -0.05) is 12.1 Å². The zero-order valence-corrected chi connectivity index (χ0v) is 16.0. The molecule has 0 bridgehead atoms. The number of halogens is 1. The third-order valence-electron chi connectivity index (χ3n) is 5.03. The van der Waals surface area contributed by atoms with Crippen molar-refractivity contribution in [2.45, 2.75) is 13.0 Å². The Morgan fingerprint density at radius 3 is 2.52 bits per heavy atom. The first-order chi connectivity index (χ1) is 14.2. The Labute approximate surface area is 169 Å². The zero-order chi connectivity index (χ0) is 20.1. The highest BCUT2D eigenvalue weighted by Crippen LogP contribution is 2.22. The molecule has 6 nitrogen and oxygen atoms in total. The van der Waals surface area contributed by atoms with Crippen molar-refractivity contribution in [3.63, 3.8) is 0 Å². The van der Waals surface area contributed by atoms with E-state index in [1.807, 2.05) is 30.3 Å². The fourth-order valence-corrected chi connectivity index (χ4v) is 3.49. The number of nitrogens with zero attached hydrogens (tertiary/aromatic N) is 6. The van der Waals surface area contributed by atoms with E-state index in [-0.39, 0.29) is 12.2 Å². The van der Waals surface area contributed by atoms with Crippen LogP contribution in [0.2, 0.25) is 0 Å². The first kappa shape index (κ1) is 19.0. The van der Waals surface area contributed by atoms with E-state index in [9.17, 15) is 4.39 Å². The smallest absolute Gasteiger partial charge is 0.225 e. The molecule has 0 N–H and O–H groups in total. The minimum absolute atomic E-state index is 0.206. The van der Waals surface area contributed by atoms with E-state index < -0.39 is 0 Å². The third kappa shape index (κ3) is 4.55. The van der Waals surface area contributed by atoms with Gasteiger partial charge in [-0.25, -0.2) is 14.4 Å². The van der Waals surface area contributed by atoms with Crippen LogP contribution in [0.15, 0.2) is 54.9 Å². The molecule has 29 heavy (non-hydrogen) atoms. The normalized spacial score (nSPS) is 14.6. The second-order valence-corrected chi connectivity index (χ2v) is 6.96. The molecule has 3 aromatic rings. The van der Waals surface area contributed by atoms with Crippen LogP contribution in [-0.2, 0) is 13.0 Å². The highest BCUT2D eigenvalue weighted by molar-refractivity contribution is 5.63. The number of aromatic nitrogens is 3. The molecule has 1 saturated heterocycles. The lowest BCUT2D eigenvalue weighted by atomic mass is 10.1. The van der Waals surface area contributed by atoms with Gasteiger partial charge in [0.2, 0.25) is 5.95 Å². The van der Waals surface area contributed by atoms with Crippen molar-refractivity contribution in [1.82, 2.24) is 19.9 Å². The molecule has 0 amide bonds. The summed E-state index contributed by atoms with van der Waals surface area (Å²) in [4.78, 5) is 18.0. The first-order valence-electron chi connectivity index (χ1n) is 9.59. The maximum Gasteiger partial charge on any atom is 0.225 e. The number of anilines is 1. The van der Waals surface area contributed by atoms with Crippen molar-refractivity contribution < 1.29 is 4.39 Å². The maximum absolute atomic E-state index is 13.1. The quantitative estimate of drug-likeness (QED) is 0.669. The molecule has 1 fully saturated rings. The van der Waals surface area contributed by atoms with Crippen molar-refractivity contribution in [3.8, 4) is 17.3 Å². The van der Waals surface area contributed by atoms with E-state index in [4.69, 9.17) is 10.2 Å². The van der Waals surface area contributed by atoms with E-state index in [0.29, 0.717) is 5.95 Å². The van der Waals surface area contributed by atoms with Gasteiger partial charge < -0.3 is 4.90 Å². The van der Waals surface area contributed by atoms with Gasteiger partial charge in [0.25, 0.3) is 0 Å². The molecule has 3 heterocycles. The van der Waals surface area contributed by atoms with Gasteiger partial charge in [-0.3, -0.25) is 9.88 Å². The fraction of sp³-hybridized carbons (Fsp3) is 0.273. The van der Waals surface area contributed by atoms with Gasteiger partial charge in [0.1, 0.15) is 5.82 Å². The minimum Gasteiger partial charge on any atom is -0.338 e. The standard InChI is InChI=1S/C22H21FN6/c23-18-5-3-17(4-6-18)16-28-12-14-29(15-13-28)22-26-11-8-21(27-22)19-2-1-10-25-20(19)7-9-24/h1-6,8,10-11H,7,12-16H2. The van der Waals surface area contributed by atoms with Gasteiger partial charge in [-0.15, -0.1) is 0 Å². The second kappa shape index (κ2) is 8.76. The monoisotopic (exact) mass is 388 g/mol. The van der Waals surface area contributed by atoms with Gasteiger partial charge in [0.15, 0.2) is 0 Å². The van der Waals surface area contributed by atoms with Crippen molar-refractivity contribution in [2.24, 2.45) is 0 Å². The Hall–Kier alpha value is -3.37. The summed E-state index contributed by atoms with van der Waals surface area (Å²) >= 11 is 0. The number of pyridine rings is 1. The van der Waals surface area contributed by atoms with Gasteiger partial charge in [-0.2, -0.15) is 5.26 Å². The van der Waals surface area contributed by atoms with Gasteiger partial charge in [-0.05, 0) is 35.9 Å². The molecule has 0 unspecified atom stereocenters. The Balaban J connectivity index is 1.44. The van der Waals surface area contributed by atoms with E-state index in [2.05, 4.69) is 25.8 Å². The summed E-state index contributed by atoms with van der Waals surface area (Å²) in [6, 6.07) is 14.5. The van der Waals surface area contributed by atoms with E-state index in [1.165, 1.54) is 12.1 Å². The van der Waals surface area contributed by atoms with Crippen LogP contribution in [0.3, 0.4) is 0 Å². The molecule has 1 aliphatic rings. The predicted molar refractivity (Wildman–Crippen MR) is 108 cm³/mol. The van der Waals surface area contributed by atoms with E-state index in [0.717, 1.165) is 55.2 Å². The first-order valence-corrected chi connectivity index (χ1v) is 9.59. The summed E-state index contributed by atoms with van der Waals surface area (Å²) in [7, 11) is 0. The fourth-order valence-electron chi connectivity index (χ4n) is 3.49. The van der Waals surface area contributed by atoms with Crippen molar-refractivity contribution >= 4 is 5.95 Å². The van der Waals surface area contributed by atoms with Gasteiger partial charge in [0.05, 0.1) is 23.9 Å². The number of nitriles is 1. The molecule has 0 atom stereocenters. The lowest BCUT2D eigenvalue weighted by Crippen LogP contribution is -2.46. The van der Waals surface area contributed by atoms with Crippen LogP contribution >= 0.6 is 0 Å². The average molecular weight is 388 g/mol. The molecule has 0 aliphatic carbocycles. The third-order valence-corrected chi connectivity index (χ3v) is 5.03. The van der Waals surface area contributed by atoms with Crippen LogP contribution in [0, 0.1) is 17.1 Å². The SMILES string of the molecule is N#CCc1ncccc1-c1ccnc(N2CCN(Cc3ccc(F)cc3)CC2)n1. The van der Waals surface area contributed by atoms with Crippen LogP contribution < -0.4 is 4.90 Å². The number of benzene rings is 1. The number of hydrogen-bond acceptors (Lipinski definition) is 6. The lowest BCUT2D eigenvalue weighted by molar-refractivity contribution is 0.248. The lowest BCUT2D eigenvalue weighted by Gasteiger charge is -2.34. The highest BCUT2D eigenvalue weighted by atomic mass is 19.1. The highest BCUT2D eigenvalue weighted by Gasteiger charge is 2.20. The molecule has 146 valence electrons. The van der Waals surface area contributed by atoms with Gasteiger partial charge >= 0.3 is 0 Å². The summed E-state index contributed by atoms with van der Waals surface area (Å²) in [5, 5.41) is 9.04. The summed E-state index contributed by atoms with van der Waals surface area (Å²) in [6.45, 7) is 4.22. The molecule has 0 radical (unpaired) electrons. The molecule has 2 aromatic heterocycles. The Kier molecular flexibility index (Phi) is 5.73. The van der Waals surface area contributed by atoms with E-state index in [1.54, 1.807) is 12.4 Å². The predicted octanol–water partition coefficient (Wildman–Crippen LogP) is 3.07. The number of piperazine rings is 1. The van der Waals surface area contributed by atoms with Crippen LogP contribution in [0.1, 0.15) is 11.3 Å². The average Bonchev–Trinajstić information content (AvgIpc) is 2.77. The van der Waals surface area contributed by atoms with Crippen molar-refractivity contribution in [3.05, 3.63) is 71.9 Å². The largest absolute Gasteiger partial charge is 0.338 e. The molecule has 0 spiro atoms. The Morgan fingerprint density at radius 1 is 0.966 bits per heavy atom. The van der Waals surface area contributed by atoms with Gasteiger partial charge in [0, 0.05) is 50.7 Å². The number of rotatable bonds is 5. The maximum atomic E-state index is 13.1. The van der Waals surface area contributed by atoms with Crippen LogP contribution in [0.4, 0.5) is 10.3 Å². The molecule has 4 rings (SSSR count). The van der Waals surface area contributed by atoms with Crippen molar-refractivity contribution in [1.29, 1.82) is 5.26 Å². The Bertz CT molecular complexity index is 1010. The summed E-state index contributed by atoms with van der Waals surface area (Å²) < 4.78 is 13.1. The Morgan fingerprint density at radius 2 is 1.76 bits per heavy atom. The molecular weight excluding hydrogens is 367 g/mol. The number of hydrogen-bond donors (Lipinski definition) is 0. The molecule has 7 heteroatoms. The topological polar surface area (TPSA) is 68.9 Å². The summed E-state index contributed by atoms with van der Waals surface area (Å²) in [5.74, 6) is 0.484. The van der Waals surface area contributed by atoms with Crippen LogP contribution in [0.5, 0.6) is 0 Å². The second-order valence-electron chi connectivity index (χ2n) is 6.96. The van der Waals surface area contributed by atoms with E-state index >= 15 is 0 Å². The molecule has 0 saturated carbocycles. The molecule has 1 aromatic carbocycles. The minimum atomic E-state index is -0.206. The summed E-state index contributed by atoms with van der Waals surface area (Å²) in [6.07, 6.45) is 3.70. The van der Waals surface area contributed by atoms with Crippen molar-refractivity contribution in [2.75, 3.05) is 31.1 Å². The molecular formula is C22H21FN6.